The lowest BCUT2D eigenvalue weighted by Gasteiger charge is -2.28. The number of allylic oxidation sites excluding steroid dienone is 4. The summed E-state index contributed by atoms with van der Waals surface area (Å²) < 4.78 is 0. The highest BCUT2D eigenvalue weighted by molar-refractivity contribution is 5.09. The van der Waals surface area contributed by atoms with Crippen LogP contribution in [0.4, 0.5) is 0 Å². The average Bonchev–Trinajstić information content (AvgIpc) is 2.35. The van der Waals surface area contributed by atoms with Gasteiger partial charge in [0.25, 0.3) is 0 Å². The zero-order valence-electron chi connectivity index (χ0n) is 15.0. The van der Waals surface area contributed by atoms with Crippen LogP contribution in [0.5, 0.6) is 0 Å². The van der Waals surface area contributed by atoms with E-state index in [-0.39, 0.29) is 5.92 Å². The first-order valence-corrected chi connectivity index (χ1v) is 8.55. The van der Waals surface area contributed by atoms with Gasteiger partial charge in [-0.05, 0) is 73.1 Å². The lowest BCUT2D eigenvalue weighted by Crippen LogP contribution is -2.30. The van der Waals surface area contributed by atoms with E-state index in [1.807, 2.05) is 32.9 Å². The van der Waals surface area contributed by atoms with Gasteiger partial charge in [-0.15, -0.1) is 0 Å². The Hall–Kier alpha value is -0.860. The van der Waals surface area contributed by atoms with E-state index in [0.717, 1.165) is 32.1 Å². The summed E-state index contributed by atoms with van der Waals surface area (Å²) in [4.78, 5) is 0. The van der Waals surface area contributed by atoms with Crippen LogP contribution < -0.4 is 0 Å². The summed E-state index contributed by atoms with van der Waals surface area (Å²) in [6.07, 6.45) is 14.1. The van der Waals surface area contributed by atoms with Crippen molar-refractivity contribution in [2.45, 2.75) is 84.3 Å². The highest BCUT2D eigenvalue weighted by atomic mass is 16.3. The van der Waals surface area contributed by atoms with Crippen LogP contribution in [-0.2, 0) is 0 Å². The molecule has 1 aliphatic rings. The van der Waals surface area contributed by atoms with E-state index in [1.54, 1.807) is 0 Å². The molecule has 2 nitrogen and oxygen atoms in total. The summed E-state index contributed by atoms with van der Waals surface area (Å²) in [5.41, 5.74) is 1.21. The third-order valence-electron chi connectivity index (χ3n) is 4.62. The first kappa shape index (κ1) is 19.2. The van der Waals surface area contributed by atoms with Gasteiger partial charge in [0.2, 0.25) is 0 Å². The quantitative estimate of drug-likeness (QED) is 0.674. The smallest absolute Gasteiger partial charge is 0.0802 e. The van der Waals surface area contributed by atoms with Gasteiger partial charge in [-0.25, -0.2) is 0 Å². The van der Waals surface area contributed by atoms with Crippen LogP contribution in [0.3, 0.4) is 0 Å². The van der Waals surface area contributed by atoms with Crippen molar-refractivity contribution < 1.29 is 10.2 Å². The van der Waals surface area contributed by atoms with Crippen LogP contribution in [0.2, 0.25) is 0 Å². The van der Waals surface area contributed by atoms with E-state index >= 15 is 0 Å². The Balaban J connectivity index is 2.95. The summed E-state index contributed by atoms with van der Waals surface area (Å²) in [6, 6.07) is 0. The zero-order valence-corrected chi connectivity index (χ0v) is 15.0. The molecule has 0 unspecified atom stereocenters. The maximum Gasteiger partial charge on any atom is 0.0802 e. The van der Waals surface area contributed by atoms with Gasteiger partial charge in [-0.1, -0.05) is 35.5 Å². The Morgan fingerprint density at radius 3 is 2.32 bits per heavy atom. The van der Waals surface area contributed by atoms with Gasteiger partial charge in [-0.2, -0.15) is 0 Å². The molecule has 0 fully saturated rings. The molecule has 22 heavy (non-hydrogen) atoms. The fourth-order valence-electron chi connectivity index (χ4n) is 2.84. The fourth-order valence-corrected chi connectivity index (χ4v) is 2.84. The molecule has 1 aliphatic carbocycles. The number of hydrogen-bond acceptors (Lipinski definition) is 2. The van der Waals surface area contributed by atoms with E-state index in [9.17, 15) is 10.2 Å². The number of rotatable bonds is 1. The Morgan fingerprint density at radius 1 is 1.09 bits per heavy atom. The van der Waals surface area contributed by atoms with E-state index in [0.29, 0.717) is 6.42 Å². The predicted octanol–water partition coefficient (Wildman–Crippen LogP) is 4.93. The largest absolute Gasteiger partial charge is 0.390 e. The van der Waals surface area contributed by atoms with Gasteiger partial charge in [-0.3, -0.25) is 0 Å². The number of hydrogen-bond donors (Lipinski definition) is 2. The maximum absolute atomic E-state index is 10.5. The van der Waals surface area contributed by atoms with Crippen molar-refractivity contribution in [3.63, 3.8) is 0 Å². The first-order chi connectivity index (χ1) is 10.1. The van der Waals surface area contributed by atoms with Crippen molar-refractivity contribution in [1.29, 1.82) is 0 Å². The minimum absolute atomic E-state index is 0.0579. The van der Waals surface area contributed by atoms with Crippen LogP contribution >= 0.6 is 0 Å². The Labute approximate surface area is 136 Å². The van der Waals surface area contributed by atoms with Crippen molar-refractivity contribution in [1.82, 2.24) is 0 Å². The molecule has 0 aliphatic heterocycles. The summed E-state index contributed by atoms with van der Waals surface area (Å²) >= 11 is 0. The Bertz CT molecular complexity index is 433. The molecule has 0 amide bonds. The molecule has 0 aromatic carbocycles. The predicted molar refractivity (Wildman–Crippen MR) is 94.8 cm³/mol. The second kappa shape index (κ2) is 8.12. The zero-order chi connectivity index (χ0) is 16.8. The van der Waals surface area contributed by atoms with Crippen molar-refractivity contribution in [2.24, 2.45) is 5.92 Å². The minimum Gasteiger partial charge on any atom is -0.390 e. The van der Waals surface area contributed by atoms with Crippen LogP contribution in [0.25, 0.3) is 0 Å². The van der Waals surface area contributed by atoms with E-state index < -0.39 is 11.2 Å². The van der Waals surface area contributed by atoms with Gasteiger partial charge in [0.05, 0.1) is 11.2 Å². The Kier molecular flexibility index (Phi) is 7.08. The third-order valence-corrected chi connectivity index (χ3v) is 4.62. The normalized spacial score (nSPS) is 35.7. The monoisotopic (exact) mass is 306 g/mol. The van der Waals surface area contributed by atoms with Crippen molar-refractivity contribution >= 4 is 0 Å². The first-order valence-electron chi connectivity index (χ1n) is 8.55. The van der Waals surface area contributed by atoms with Crippen LogP contribution in [-0.4, -0.2) is 21.4 Å². The summed E-state index contributed by atoms with van der Waals surface area (Å²) in [5, 5.41) is 20.9. The van der Waals surface area contributed by atoms with Crippen molar-refractivity contribution in [2.75, 3.05) is 0 Å². The van der Waals surface area contributed by atoms with Crippen LogP contribution in [0, 0.1) is 5.92 Å². The molecule has 2 heteroatoms. The maximum atomic E-state index is 10.5. The summed E-state index contributed by atoms with van der Waals surface area (Å²) in [7, 11) is 0. The second-order valence-electron chi connectivity index (χ2n) is 7.69. The standard InChI is InChI=1S/C20H34O2/c1-16-8-6-9-17(2)11-12-18(19(3,4)21)13-15-20(5,22)14-7-10-16/h9-10,13,15,18,21-22H,6-8,11-12,14H2,1-5H3/b15-13+,16-10+,17-9+/t18-,20-/m0/s1. The highest BCUT2D eigenvalue weighted by Crippen LogP contribution is 2.27. The van der Waals surface area contributed by atoms with Gasteiger partial charge in [0.1, 0.15) is 0 Å². The lowest BCUT2D eigenvalue weighted by molar-refractivity contribution is 0.0323. The fraction of sp³-hybridized carbons (Fsp3) is 0.700. The second-order valence-corrected chi connectivity index (χ2v) is 7.69. The van der Waals surface area contributed by atoms with Gasteiger partial charge in [0.15, 0.2) is 0 Å². The van der Waals surface area contributed by atoms with Gasteiger partial charge < -0.3 is 10.2 Å². The van der Waals surface area contributed by atoms with E-state index in [4.69, 9.17) is 0 Å². The lowest BCUT2D eigenvalue weighted by atomic mass is 9.84. The molecule has 0 aromatic rings. The molecular formula is C20H34O2. The molecule has 0 radical (unpaired) electrons. The molecule has 1 rings (SSSR count). The Morgan fingerprint density at radius 2 is 1.68 bits per heavy atom. The summed E-state index contributed by atoms with van der Waals surface area (Å²) in [5.74, 6) is 0.0579. The average molecular weight is 306 g/mol. The number of aliphatic hydroxyl groups is 2. The molecule has 0 heterocycles. The molecule has 0 saturated carbocycles. The topological polar surface area (TPSA) is 40.5 Å². The minimum atomic E-state index is -0.810. The molecule has 0 bridgehead atoms. The summed E-state index contributed by atoms with van der Waals surface area (Å²) in [6.45, 7) is 9.90. The SMILES string of the molecule is C/C1=C\CC[C@](C)(O)/C=C/[C@@H](C(C)(C)O)CC/C(C)=C/CC1. The van der Waals surface area contributed by atoms with Crippen LogP contribution in [0.1, 0.15) is 73.1 Å². The molecule has 126 valence electrons. The molecular weight excluding hydrogens is 272 g/mol. The van der Waals surface area contributed by atoms with Crippen molar-refractivity contribution in [3.8, 4) is 0 Å². The molecule has 2 N–H and O–H groups in total. The van der Waals surface area contributed by atoms with Crippen LogP contribution in [0.15, 0.2) is 35.5 Å². The van der Waals surface area contributed by atoms with Crippen molar-refractivity contribution in [3.05, 3.63) is 35.5 Å². The van der Waals surface area contributed by atoms with E-state index in [2.05, 4.69) is 26.0 Å². The van der Waals surface area contributed by atoms with Gasteiger partial charge >= 0.3 is 0 Å². The molecule has 2 atom stereocenters. The molecule has 0 saturated heterocycles. The molecule has 0 aromatic heterocycles. The van der Waals surface area contributed by atoms with Gasteiger partial charge in [0, 0.05) is 5.92 Å². The molecule has 0 spiro atoms. The van der Waals surface area contributed by atoms with E-state index in [1.165, 1.54) is 11.1 Å². The third kappa shape index (κ3) is 7.42. The highest BCUT2D eigenvalue weighted by Gasteiger charge is 2.25.